The first-order chi connectivity index (χ1) is 4.14. The summed E-state index contributed by atoms with van der Waals surface area (Å²) in [6.45, 7) is 5.88. The lowest BCUT2D eigenvalue weighted by Crippen LogP contribution is -2.21. The zero-order valence-corrected chi connectivity index (χ0v) is 7.48. The number of rotatable bonds is 1. The van der Waals surface area contributed by atoms with E-state index in [4.69, 9.17) is 5.73 Å². The topological polar surface area (TPSA) is 26.0 Å². The van der Waals surface area contributed by atoms with Crippen LogP contribution in [0.4, 0.5) is 0 Å². The summed E-state index contributed by atoms with van der Waals surface area (Å²) in [7, 11) is -0.704. The molecule has 1 heterocycles. The Morgan fingerprint density at radius 3 is 2.44 bits per heavy atom. The molecule has 2 N–H and O–H groups in total. The van der Waals surface area contributed by atoms with Crippen LogP contribution in [-0.4, -0.2) is 14.6 Å². The predicted octanol–water partition coefficient (Wildman–Crippen LogP) is 1.67. The van der Waals surface area contributed by atoms with Gasteiger partial charge < -0.3 is 5.73 Å². The predicted molar refractivity (Wildman–Crippen MR) is 44.3 cm³/mol. The Kier molecular flexibility index (Phi) is 1.96. The van der Waals surface area contributed by atoms with Crippen LogP contribution in [-0.2, 0) is 0 Å². The van der Waals surface area contributed by atoms with Crippen LogP contribution in [0.2, 0.25) is 25.2 Å². The molecule has 2 heteroatoms. The molecule has 1 rings (SSSR count). The van der Waals surface area contributed by atoms with Gasteiger partial charge in [0.15, 0.2) is 0 Å². The molecule has 0 saturated carbocycles. The van der Waals surface area contributed by atoms with Gasteiger partial charge in [-0.25, -0.2) is 0 Å². The van der Waals surface area contributed by atoms with Crippen molar-refractivity contribution in [3.8, 4) is 0 Å². The number of hydrogen-bond donors (Lipinski definition) is 1. The van der Waals surface area contributed by atoms with E-state index in [0.717, 1.165) is 12.5 Å². The minimum Gasteiger partial charge on any atom is -0.330 e. The lowest BCUT2D eigenvalue weighted by molar-refractivity contribution is 0.602. The molecular formula is C7H17NSi. The molecule has 0 bridgehead atoms. The fourth-order valence-corrected chi connectivity index (χ4v) is 5.11. The maximum Gasteiger partial charge on any atom is 0.0477 e. The Morgan fingerprint density at radius 2 is 2.22 bits per heavy atom. The van der Waals surface area contributed by atoms with Crippen LogP contribution >= 0.6 is 0 Å². The van der Waals surface area contributed by atoms with E-state index in [1.54, 1.807) is 0 Å². The zero-order valence-electron chi connectivity index (χ0n) is 6.48. The molecule has 1 fully saturated rings. The van der Waals surface area contributed by atoms with Crippen LogP contribution in [0.5, 0.6) is 0 Å². The second-order valence-corrected chi connectivity index (χ2v) is 9.25. The molecule has 0 unspecified atom stereocenters. The first kappa shape index (κ1) is 7.29. The van der Waals surface area contributed by atoms with Crippen LogP contribution in [0.25, 0.3) is 0 Å². The molecule has 0 aromatic rings. The molecule has 1 aliphatic rings. The van der Waals surface area contributed by atoms with Gasteiger partial charge in [-0.3, -0.25) is 0 Å². The van der Waals surface area contributed by atoms with E-state index < -0.39 is 8.07 Å². The molecule has 9 heavy (non-hydrogen) atoms. The van der Waals surface area contributed by atoms with Gasteiger partial charge in [0.1, 0.15) is 0 Å². The van der Waals surface area contributed by atoms with Gasteiger partial charge >= 0.3 is 0 Å². The monoisotopic (exact) mass is 143 g/mol. The van der Waals surface area contributed by atoms with Gasteiger partial charge in [-0.15, -0.1) is 0 Å². The second kappa shape index (κ2) is 2.43. The van der Waals surface area contributed by atoms with Crippen LogP contribution in [0.15, 0.2) is 0 Å². The fraction of sp³-hybridized carbons (Fsp3) is 1.00. The van der Waals surface area contributed by atoms with Gasteiger partial charge in [-0.05, 0) is 12.5 Å². The van der Waals surface area contributed by atoms with Crippen molar-refractivity contribution < 1.29 is 0 Å². The minimum absolute atomic E-state index is 0.704. The quantitative estimate of drug-likeness (QED) is 0.555. The average Bonchev–Trinajstić information content (AvgIpc) is 2.10. The molecule has 1 nitrogen and oxygen atoms in total. The molecule has 0 spiro atoms. The largest absolute Gasteiger partial charge is 0.330 e. The molecule has 0 aromatic carbocycles. The highest BCUT2D eigenvalue weighted by atomic mass is 28.3. The van der Waals surface area contributed by atoms with Gasteiger partial charge in [-0.2, -0.15) is 0 Å². The molecular weight excluding hydrogens is 126 g/mol. The molecule has 1 aliphatic heterocycles. The van der Waals surface area contributed by atoms with Crippen molar-refractivity contribution in [3.63, 3.8) is 0 Å². The smallest absolute Gasteiger partial charge is 0.0477 e. The normalized spacial score (nSPS) is 33.0. The van der Waals surface area contributed by atoms with E-state index in [0.29, 0.717) is 0 Å². The SMILES string of the molecule is C[Si]1(C)CC[C@@H](CN)C1. The van der Waals surface area contributed by atoms with E-state index in [1.807, 2.05) is 0 Å². The van der Waals surface area contributed by atoms with Crippen molar-refractivity contribution >= 4 is 8.07 Å². The molecule has 0 amide bonds. The van der Waals surface area contributed by atoms with Crippen molar-refractivity contribution in [3.05, 3.63) is 0 Å². The van der Waals surface area contributed by atoms with Crippen LogP contribution < -0.4 is 5.73 Å². The molecule has 0 aliphatic carbocycles. The molecule has 54 valence electrons. The van der Waals surface area contributed by atoms with Gasteiger partial charge in [0.05, 0.1) is 0 Å². The fourth-order valence-electron chi connectivity index (χ4n) is 1.78. The summed E-state index contributed by atoms with van der Waals surface area (Å²) in [6.07, 6.45) is 1.41. The Morgan fingerprint density at radius 1 is 1.56 bits per heavy atom. The third-order valence-corrected chi connectivity index (χ3v) is 5.73. The van der Waals surface area contributed by atoms with E-state index >= 15 is 0 Å². The van der Waals surface area contributed by atoms with Crippen LogP contribution in [0, 0.1) is 5.92 Å². The van der Waals surface area contributed by atoms with Crippen molar-refractivity contribution in [2.24, 2.45) is 11.7 Å². The van der Waals surface area contributed by atoms with E-state index in [1.165, 1.54) is 18.5 Å². The van der Waals surface area contributed by atoms with Crippen molar-refractivity contribution in [1.82, 2.24) is 0 Å². The van der Waals surface area contributed by atoms with E-state index in [9.17, 15) is 0 Å². The maximum atomic E-state index is 5.58. The first-order valence-corrected chi connectivity index (χ1v) is 7.25. The average molecular weight is 143 g/mol. The highest BCUT2D eigenvalue weighted by molar-refractivity contribution is 6.78. The van der Waals surface area contributed by atoms with Crippen molar-refractivity contribution in [2.75, 3.05) is 6.54 Å². The van der Waals surface area contributed by atoms with Crippen molar-refractivity contribution in [2.45, 2.75) is 31.6 Å². The summed E-state index contributed by atoms with van der Waals surface area (Å²) in [5.41, 5.74) is 5.58. The summed E-state index contributed by atoms with van der Waals surface area (Å²) in [4.78, 5) is 0. The summed E-state index contributed by atoms with van der Waals surface area (Å²) in [5.74, 6) is 0.881. The van der Waals surface area contributed by atoms with E-state index in [2.05, 4.69) is 13.1 Å². The number of nitrogens with two attached hydrogens (primary N) is 1. The first-order valence-electron chi connectivity index (χ1n) is 3.84. The standard InChI is InChI=1S/C7H17NSi/c1-9(2)4-3-7(5-8)6-9/h7H,3-6,8H2,1-2H3/t7-/m0/s1. The summed E-state index contributed by atoms with van der Waals surface area (Å²) in [5, 5.41) is 0. The lowest BCUT2D eigenvalue weighted by Gasteiger charge is -2.13. The Labute approximate surface area is 58.6 Å². The Hall–Kier alpha value is 0.177. The highest BCUT2D eigenvalue weighted by Gasteiger charge is 2.31. The van der Waals surface area contributed by atoms with Crippen LogP contribution in [0.3, 0.4) is 0 Å². The van der Waals surface area contributed by atoms with Gasteiger partial charge in [0.25, 0.3) is 0 Å². The summed E-state index contributed by atoms with van der Waals surface area (Å²) >= 11 is 0. The Balaban J connectivity index is 2.38. The van der Waals surface area contributed by atoms with Crippen LogP contribution in [0.1, 0.15) is 6.42 Å². The third-order valence-electron chi connectivity index (χ3n) is 2.40. The molecule has 1 saturated heterocycles. The third kappa shape index (κ3) is 1.80. The molecule has 0 aromatic heterocycles. The Bertz CT molecular complexity index is 101. The highest BCUT2D eigenvalue weighted by Crippen LogP contribution is 2.33. The molecule has 1 atom stereocenters. The zero-order chi connectivity index (χ0) is 6.91. The second-order valence-electron chi connectivity index (χ2n) is 4.01. The van der Waals surface area contributed by atoms with E-state index in [-0.39, 0.29) is 0 Å². The summed E-state index contributed by atoms with van der Waals surface area (Å²) in [6, 6.07) is 2.98. The van der Waals surface area contributed by atoms with Gasteiger partial charge in [0, 0.05) is 8.07 Å². The van der Waals surface area contributed by atoms with Gasteiger partial charge in [0.2, 0.25) is 0 Å². The molecule has 0 radical (unpaired) electrons. The van der Waals surface area contributed by atoms with Crippen molar-refractivity contribution in [1.29, 1.82) is 0 Å². The number of hydrogen-bond acceptors (Lipinski definition) is 1. The lowest BCUT2D eigenvalue weighted by atomic mass is 10.1. The maximum absolute atomic E-state index is 5.58. The minimum atomic E-state index is -0.704. The summed E-state index contributed by atoms with van der Waals surface area (Å²) < 4.78 is 0. The van der Waals surface area contributed by atoms with Gasteiger partial charge in [-0.1, -0.05) is 31.6 Å².